The zero-order chi connectivity index (χ0) is 24.5. The van der Waals surface area contributed by atoms with Crippen molar-refractivity contribution in [2.45, 2.75) is 125 Å². The molecule has 5 saturated carbocycles. The summed E-state index contributed by atoms with van der Waals surface area (Å²) in [6.45, 7) is 21.1. The van der Waals surface area contributed by atoms with Gasteiger partial charge in [0.25, 0.3) is 0 Å². The largest absolute Gasteiger partial charge is 0.393 e. The fourth-order valence-corrected chi connectivity index (χ4v) is 12.5. The maximum atomic E-state index is 11.0. The molecule has 2 bridgehead atoms. The third-order valence-electron chi connectivity index (χ3n) is 14.8. The van der Waals surface area contributed by atoms with Crippen LogP contribution in [0.4, 0.5) is 0 Å². The number of ether oxygens (including phenoxy) is 1. The van der Waals surface area contributed by atoms with Crippen molar-refractivity contribution in [3.8, 4) is 0 Å². The topological polar surface area (TPSA) is 29.5 Å². The van der Waals surface area contributed by atoms with Gasteiger partial charge in [-0.25, -0.2) is 0 Å². The summed E-state index contributed by atoms with van der Waals surface area (Å²) in [4.78, 5) is 0. The molecule has 2 aliphatic heterocycles. The third-order valence-corrected chi connectivity index (χ3v) is 14.8. The molecule has 0 aromatic rings. The summed E-state index contributed by atoms with van der Waals surface area (Å²) in [7, 11) is 0. The normalized spacial score (nSPS) is 61.3. The second kappa shape index (κ2) is 6.94. The highest BCUT2D eigenvalue weighted by Crippen LogP contribution is 2.78. The Morgan fingerprint density at radius 3 is 2.29 bits per heavy atom. The molecule has 0 aromatic carbocycles. The van der Waals surface area contributed by atoms with Gasteiger partial charge in [-0.05, 0) is 128 Å². The summed E-state index contributed by atoms with van der Waals surface area (Å²) in [6.07, 6.45) is 14.0. The Kier molecular flexibility index (Phi) is 4.91. The molecule has 1 unspecified atom stereocenters. The second-order valence-corrected chi connectivity index (χ2v) is 15.6. The molecule has 0 aromatic heterocycles. The average Bonchev–Trinajstić information content (AvgIpc) is 2.78. The standard InChI is InChI=1S/C32H52O2/c1-9-21-18-32-17-16-29(6)22(26(32)20(2)31(21,8)34-19-32)10-11-24-28(5)14-13-25(33)27(3,4)23(28)12-15-30(24,29)7/h9,20,22-26,33H,10-19H2,1-8H3/b21-9+/t20-,22+,23-,24+,25-,26+,28-,29+,30+,31?,32-/m0/s1. The van der Waals surface area contributed by atoms with E-state index < -0.39 is 0 Å². The summed E-state index contributed by atoms with van der Waals surface area (Å²) >= 11 is 0. The van der Waals surface area contributed by atoms with Crippen LogP contribution in [0.15, 0.2) is 11.6 Å². The highest BCUT2D eigenvalue weighted by atomic mass is 16.5. The molecule has 5 aliphatic carbocycles. The first-order valence-corrected chi connectivity index (χ1v) is 14.8. The minimum Gasteiger partial charge on any atom is -0.393 e. The summed E-state index contributed by atoms with van der Waals surface area (Å²) in [5.74, 6) is 3.71. The van der Waals surface area contributed by atoms with Crippen LogP contribution < -0.4 is 0 Å². The van der Waals surface area contributed by atoms with Crippen LogP contribution in [0.5, 0.6) is 0 Å². The van der Waals surface area contributed by atoms with Crippen LogP contribution in [0, 0.1) is 56.7 Å². The molecular formula is C32H52O2. The highest BCUT2D eigenvalue weighted by molar-refractivity contribution is 5.31. The predicted molar refractivity (Wildman–Crippen MR) is 139 cm³/mol. The fourth-order valence-electron chi connectivity index (χ4n) is 12.5. The van der Waals surface area contributed by atoms with E-state index in [1.165, 1.54) is 51.4 Å². The van der Waals surface area contributed by atoms with Gasteiger partial charge in [-0.2, -0.15) is 0 Å². The lowest BCUT2D eigenvalue weighted by Gasteiger charge is -2.75. The van der Waals surface area contributed by atoms with Gasteiger partial charge in [-0.1, -0.05) is 47.6 Å². The first-order valence-electron chi connectivity index (χ1n) is 14.8. The minimum absolute atomic E-state index is 0.0502. The van der Waals surface area contributed by atoms with Crippen molar-refractivity contribution in [3.05, 3.63) is 11.6 Å². The van der Waals surface area contributed by atoms with E-state index in [0.29, 0.717) is 33.5 Å². The van der Waals surface area contributed by atoms with E-state index in [1.54, 1.807) is 5.57 Å². The van der Waals surface area contributed by atoms with Crippen LogP contribution in [0.25, 0.3) is 0 Å². The lowest BCUT2D eigenvalue weighted by Crippen LogP contribution is -2.71. The van der Waals surface area contributed by atoms with Crippen molar-refractivity contribution in [2.24, 2.45) is 56.7 Å². The molecule has 0 radical (unpaired) electrons. The molecule has 0 amide bonds. The van der Waals surface area contributed by atoms with Crippen LogP contribution in [0.3, 0.4) is 0 Å². The van der Waals surface area contributed by atoms with E-state index in [2.05, 4.69) is 61.5 Å². The van der Waals surface area contributed by atoms with Crippen molar-refractivity contribution in [2.75, 3.05) is 6.61 Å². The quantitative estimate of drug-likeness (QED) is 0.368. The van der Waals surface area contributed by atoms with Crippen molar-refractivity contribution < 1.29 is 9.84 Å². The number of aliphatic hydroxyl groups is 1. The molecule has 2 saturated heterocycles. The molecule has 1 spiro atoms. The van der Waals surface area contributed by atoms with Crippen LogP contribution in [-0.2, 0) is 4.74 Å². The van der Waals surface area contributed by atoms with Crippen molar-refractivity contribution >= 4 is 0 Å². The lowest BCUT2D eigenvalue weighted by molar-refractivity contribution is -0.293. The average molecular weight is 469 g/mol. The Balaban J connectivity index is 1.40. The molecule has 2 nitrogen and oxygen atoms in total. The van der Waals surface area contributed by atoms with Gasteiger partial charge in [0.1, 0.15) is 0 Å². The van der Waals surface area contributed by atoms with Gasteiger partial charge in [0.2, 0.25) is 0 Å². The van der Waals surface area contributed by atoms with Crippen molar-refractivity contribution in [3.63, 3.8) is 0 Å². The zero-order valence-corrected chi connectivity index (χ0v) is 23.5. The van der Waals surface area contributed by atoms with Crippen LogP contribution in [-0.4, -0.2) is 23.4 Å². The first-order chi connectivity index (χ1) is 15.8. The van der Waals surface area contributed by atoms with Crippen molar-refractivity contribution in [1.82, 2.24) is 0 Å². The van der Waals surface area contributed by atoms with Crippen LogP contribution >= 0.6 is 0 Å². The molecule has 7 aliphatic rings. The summed E-state index contributed by atoms with van der Waals surface area (Å²) in [6, 6.07) is 0. The van der Waals surface area contributed by atoms with Gasteiger partial charge in [0, 0.05) is 5.41 Å². The second-order valence-electron chi connectivity index (χ2n) is 15.6. The van der Waals surface area contributed by atoms with Gasteiger partial charge in [-0.15, -0.1) is 0 Å². The zero-order valence-electron chi connectivity index (χ0n) is 23.5. The number of hydrogen-bond acceptors (Lipinski definition) is 2. The van der Waals surface area contributed by atoms with Crippen molar-refractivity contribution in [1.29, 1.82) is 0 Å². The summed E-state index contributed by atoms with van der Waals surface area (Å²) < 4.78 is 6.71. The minimum atomic E-state index is -0.128. The van der Waals surface area contributed by atoms with E-state index in [1.807, 2.05) is 0 Å². The van der Waals surface area contributed by atoms with E-state index >= 15 is 0 Å². The predicted octanol–water partition coefficient (Wildman–Crippen LogP) is 7.79. The van der Waals surface area contributed by atoms with Gasteiger partial charge < -0.3 is 9.84 Å². The Hall–Kier alpha value is -0.340. The number of fused-ring (bicyclic) bond motifs is 7. The Bertz CT molecular complexity index is 905. The number of aliphatic hydroxyl groups excluding tert-OH is 1. The monoisotopic (exact) mass is 468 g/mol. The molecule has 2 heteroatoms. The Morgan fingerprint density at radius 2 is 1.59 bits per heavy atom. The van der Waals surface area contributed by atoms with Crippen LogP contribution in [0.1, 0.15) is 113 Å². The van der Waals surface area contributed by atoms with Gasteiger partial charge in [0.05, 0.1) is 18.3 Å². The number of hydrogen-bond donors (Lipinski definition) is 1. The molecule has 192 valence electrons. The molecule has 2 heterocycles. The maximum absolute atomic E-state index is 11.0. The third kappa shape index (κ3) is 2.52. The molecule has 1 N–H and O–H groups in total. The molecule has 34 heavy (non-hydrogen) atoms. The number of rotatable bonds is 0. The SMILES string of the molecule is C/C=C1\C[C@]23CC[C@]4(C)[C@H](CC[C@@H]5[C@@]6(C)CC[C@H](O)C(C)(C)[C@@H]6CC[C@]54C)[C@H]2[C@H](C)C1(C)OC3. The van der Waals surface area contributed by atoms with E-state index in [-0.39, 0.29) is 17.1 Å². The van der Waals surface area contributed by atoms with Gasteiger partial charge in [-0.3, -0.25) is 0 Å². The Labute approximate surface area is 209 Å². The van der Waals surface area contributed by atoms with Crippen LogP contribution in [0.2, 0.25) is 0 Å². The molecule has 7 rings (SSSR count). The van der Waals surface area contributed by atoms with Gasteiger partial charge >= 0.3 is 0 Å². The maximum Gasteiger partial charge on any atom is 0.0892 e. The number of allylic oxidation sites excluding steroid dienone is 1. The van der Waals surface area contributed by atoms with E-state index in [9.17, 15) is 5.11 Å². The van der Waals surface area contributed by atoms with Gasteiger partial charge in [0.15, 0.2) is 0 Å². The molecular weight excluding hydrogens is 416 g/mol. The van der Waals surface area contributed by atoms with E-state index in [4.69, 9.17) is 4.74 Å². The van der Waals surface area contributed by atoms with E-state index in [0.717, 1.165) is 30.8 Å². The summed E-state index contributed by atoms with van der Waals surface area (Å²) in [5.41, 5.74) is 3.19. The highest BCUT2D eigenvalue weighted by Gasteiger charge is 2.72. The lowest BCUT2D eigenvalue weighted by atomic mass is 9.30. The Morgan fingerprint density at radius 1 is 0.853 bits per heavy atom. The smallest absolute Gasteiger partial charge is 0.0892 e. The summed E-state index contributed by atoms with van der Waals surface area (Å²) in [5, 5.41) is 11.0. The molecule has 7 fully saturated rings. The fraction of sp³-hybridized carbons (Fsp3) is 0.938. The molecule has 11 atom stereocenters. The first kappa shape index (κ1) is 24.0.